The Morgan fingerprint density at radius 3 is 2.63 bits per heavy atom. The van der Waals surface area contributed by atoms with E-state index in [2.05, 4.69) is 68.2 Å². The lowest BCUT2D eigenvalue weighted by atomic mass is 10.2. The smallest absolute Gasteiger partial charge is 0.239 e. The third-order valence-corrected chi connectivity index (χ3v) is 4.97. The number of aryl methyl sites for hydroxylation is 3. The average Bonchev–Trinajstić information content (AvgIpc) is 3.05. The summed E-state index contributed by atoms with van der Waals surface area (Å²) in [5.74, 6) is 0.866. The number of amides is 1. The fraction of sp³-hybridized carbons (Fsp3) is 0.476. The summed E-state index contributed by atoms with van der Waals surface area (Å²) >= 11 is 0. The normalized spacial score (nSPS) is 14.2. The van der Waals surface area contributed by atoms with E-state index in [4.69, 9.17) is 0 Å². The molecule has 2 heterocycles. The SMILES string of the molecule is CN=C(NCCCn1nc(C)cc1C)NCc1ccc(N2CCNC(=O)C2)cc1.I. The maximum absolute atomic E-state index is 11.5. The first-order chi connectivity index (χ1) is 14.0. The molecular weight excluding hydrogens is 493 g/mol. The molecule has 0 spiro atoms. The Labute approximate surface area is 195 Å². The number of aromatic nitrogens is 2. The van der Waals surface area contributed by atoms with Crippen LogP contribution in [0.1, 0.15) is 23.4 Å². The van der Waals surface area contributed by atoms with Crippen molar-refractivity contribution in [1.29, 1.82) is 0 Å². The lowest BCUT2D eigenvalue weighted by Gasteiger charge is -2.28. The number of benzene rings is 1. The van der Waals surface area contributed by atoms with Gasteiger partial charge in [0.2, 0.25) is 5.91 Å². The molecule has 1 fully saturated rings. The zero-order valence-corrected chi connectivity index (χ0v) is 20.3. The molecule has 1 amide bonds. The molecule has 0 radical (unpaired) electrons. The minimum absolute atomic E-state index is 0. The molecule has 3 N–H and O–H groups in total. The first-order valence-corrected chi connectivity index (χ1v) is 10.1. The van der Waals surface area contributed by atoms with Crippen LogP contribution in [0.25, 0.3) is 0 Å². The minimum atomic E-state index is 0. The van der Waals surface area contributed by atoms with Gasteiger partial charge < -0.3 is 20.9 Å². The Morgan fingerprint density at radius 1 is 1.23 bits per heavy atom. The largest absolute Gasteiger partial charge is 0.360 e. The maximum Gasteiger partial charge on any atom is 0.239 e. The number of halogens is 1. The van der Waals surface area contributed by atoms with Crippen molar-refractivity contribution in [3.8, 4) is 0 Å². The van der Waals surface area contributed by atoms with Crippen molar-refractivity contribution in [3.05, 3.63) is 47.3 Å². The Balaban J connectivity index is 0.00000320. The fourth-order valence-electron chi connectivity index (χ4n) is 3.43. The van der Waals surface area contributed by atoms with Crippen molar-refractivity contribution in [3.63, 3.8) is 0 Å². The van der Waals surface area contributed by atoms with Crippen molar-refractivity contribution in [2.75, 3.05) is 38.1 Å². The number of carbonyl (C=O) groups excluding carboxylic acids is 1. The van der Waals surface area contributed by atoms with E-state index in [0.717, 1.165) is 43.4 Å². The molecular formula is C21H32IN7O. The van der Waals surface area contributed by atoms with E-state index in [1.54, 1.807) is 7.05 Å². The number of guanidine groups is 1. The number of aliphatic imine (C=N–C) groups is 1. The van der Waals surface area contributed by atoms with Crippen LogP contribution in [0.15, 0.2) is 35.3 Å². The van der Waals surface area contributed by atoms with Gasteiger partial charge in [-0.15, -0.1) is 24.0 Å². The molecule has 0 saturated carbocycles. The Bertz CT molecular complexity index is 848. The van der Waals surface area contributed by atoms with Crippen LogP contribution in [0.4, 0.5) is 5.69 Å². The van der Waals surface area contributed by atoms with E-state index in [9.17, 15) is 4.79 Å². The molecule has 3 rings (SSSR count). The topological polar surface area (TPSA) is 86.6 Å². The predicted molar refractivity (Wildman–Crippen MR) is 132 cm³/mol. The van der Waals surface area contributed by atoms with Crippen LogP contribution in [0.5, 0.6) is 0 Å². The van der Waals surface area contributed by atoms with Crippen LogP contribution in [-0.4, -0.2) is 54.9 Å². The van der Waals surface area contributed by atoms with E-state index < -0.39 is 0 Å². The molecule has 1 aliphatic rings. The van der Waals surface area contributed by atoms with Gasteiger partial charge in [-0.1, -0.05) is 12.1 Å². The van der Waals surface area contributed by atoms with Gasteiger partial charge >= 0.3 is 0 Å². The van der Waals surface area contributed by atoms with E-state index >= 15 is 0 Å². The van der Waals surface area contributed by atoms with Crippen LogP contribution < -0.4 is 20.9 Å². The second-order valence-corrected chi connectivity index (χ2v) is 7.29. The molecule has 30 heavy (non-hydrogen) atoms. The van der Waals surface area contributed by atoms with E-state index in [-0.39, 0.29) is 29.9 Å². The second kappa shape index (κ2) is 11.8. The van der Waals surface area contributed by atoms with Crippen molar-refractivity contribution in [2.24, 2.45) is 4.99 Å². The fourth-order valence-corrected chi connectivity index (χ4v) is 3.43. The molecule has 1 aliphatic heterocycles. The van der Waals surface area contributed by atoms with Crippen molar-refractivity contribution >= 4 is 41.5 Å². The Kier molecular flexibility index (Phi) is 9.41. The summed E-state index contributed by atoms with van der Waals surface area (Å²) in [5.41, 5.74) is 4.50. The standard InChI is InChI=1S/C21H31N7O.HI/c1-16-13-17(2)28(26-16)11-4-9-24-21(22-3)25-14-18-5-7-19(8-6-18)27-12-10-23-20(29)15-27;/h5-8,13H,4,9-12,14-15H2,1-3H3,(H,23,29)(H2,22,24,25);1H. The zero-order valence-electron chi connectivity index (χ0n) is 17.9. The maximum atomic E-state index is 11.5. The quantitative estimate of drug-likeness (QED) is 0.222. The number of hydrogen-bond acceptors (Lipinski definition) is 4. The highest BCUT2D eigenvalue weighted by atomic mass is 127. The predicted octanol–water partition coefficient (Wildman–Crippen LogP) is 1.81. The summed E-state index contributed by atoms with van der Waals surface area (Å²) < 4.78 is 2.04. The van der Waals surface area contributed by atoms with Gasteiger partial charge in [0, 0.05) is 51.2 Å². The van der Waals surface area contributed by atoms with Gasteiger partial charge in [-0.25, -0.2) is 0 Å². The van der Waals surface area contributed by atoms with Gasteiger partial charge in [0.05, 0.1) is 12.2 Å². The van der Waals surface area contributed by atoms with E-state index in [0.29, 0.717) is 19.6 Å². The van der Waals surface area contributed by atoms with Crippen LogP contribution in [0, 0.1) is 13.8 Å². The van der Waals surface area contributed by atoms with E-state index in [1.807, 2.05) is 11.6 Å². The summed E-state index contributed by atoms with van der Waals surface area (Å²) in [6, 6.07) is 10.4. The van der Waals surface area contributed by atoms with Crippen LogP contribution in [0.2, 0.25) is 0 Å². The van der Waals surface area contributed by atoms with Gasteiger partial charge in [-0.2, -0.15) is 5.10 Å². The highest BCUT2D eigenvalue weighted by Gasteiger charge is 2.16. The summed E-state index contributed by atoms with van der Waals surface area (Å²) in [6.07, 6.45) is 0.973. The lowest BCUT2D eigenvalue weighted by Crippen LogP contribution is -2.47. The molecule has 1 aromatic heterocycles. The van der Waals surface area contributed by atoms with Crippen molar-refractivity contribution in [1.82, 2.24) is 25.7 Å². The zero-order chi connectivity index (χ0) is 20.6. The molecule has 0 bridgehead atoms. The van der Waals surface area contributed by atoms with Gasteiger partial charge in [-0.3, -0.25) is 14.5 Å². The number of anilines is 1. The first-order valence-electron chi connectivity index (χ1n) is 10.1. The molecule has 164 valence electrons. The lowest BCUT2D eigenvalue weighted by molar-refractivity contribution is -0.120. The molecule has 9 heteroatoms. The molecule has 0 aliphatic carbocycles. The van der Waals surface area contributed by atoms with Gasteiger partial charge in [-0.05, 0) is 44.0 Å². The summed E-state index contributed by atoms with van der Waals surface area (Å²) in [5, 5.41) is 14.0. The number of rotatable bonds is 7. The summed E-state index contributed by atoms with van der Waals surface area (Å²) in [6.45, 7) is 8.47. The Morgan fingerprint density at radius 2 is 2.00 bits per heavy atom. The van der Waals surface area contributed by atoms with Gasteiger partial charge in [0.15, 0.2) is 5.96 Å². The number of nitrogens with zero attached hydrogens (tertiary/aromatic N) is 4. The third-order valence-electron chi connectivity index (χ3n) is 4.97. The number of nitrogens with one attached hydrogen (secondary N) is 3. The van der Waals surface area contributed by atoms with Crippen molar-refractivity contribution in [2.45, 2.75) is 33.4 Å². The highest BCUT2D eigenvalue weighted by molar-refractivity contribution is 14.0. The summed E-state index contributed by atoms with van der Waals surface area (Å²) in [7, 11) is 1.78. The van der Waals surface area contributed by atoms with Crippen molar-refractivity contribution < 1.29 is 4.79 Å². The molecule has 8 nitrogen and oxygen atoms in total. The van der Waals surface area contributed by atoms with Gasteiger partial charge in [0.25, 0.3) is 0 Å². The molecule has 1 saturated heterocycles. The summed E-state index contributed by atoms with van der Waals surface area (Å²) in [4.78, 5) is 17.9. The van der Waals surface area contributed by atoms with Crippen LogP contribution in [0.3, 0.4) is 0 Å². The molecule has 0 unspecified atom stereocenters. The van der Waals surface area contributed by atoms with Crippen LogP contribution in [-0.2, 0) is 17.9 Å². The minimum Gasteiger partial charge on any atom is -0.360 e. The highest BCUT2D eigenvalue weighted by Crippen LogP contribution is 2.16. The number of hydrogen-bond donors (Lipinski definition) is 3. The Hall–Kier alpha value is -2.30. The second-order valence-electron chi connectivity index (χ2n) is 7.29. The average molecular weight is 525 g/mol. The monoisotopic (exact) mass is 525 g/mol. The number of piperazine rings is 1. The molecule has 2 aromatic rings. The van der Waals surface area contributed by atoms with Crippen LogP contribution >= 0.6 is 24.0 Å². The molecule has 1 aromatic carbocycles. The first kappa shape index (κ1) is 24.0. The number of carbonyl (C=O) groups is 1. The van der Waals surface area contributed by atoms with Gasteiger partial charge in [0.1, 0.15) is 0 Å². The van der Waals surface area contributed by atoms with E-state index in [1.165, 1.54) is 11.3 Å². The third kappa shape index (κ3) is 6.89. The molecule has 0 atom stereocenters.